The lowest BCUT2D eigenvalue weighted by molar-refractivity contribution is -0.0457. The van der Waals surface area contributed by atoms with Crippen molar-refractivity contribution in [1.29, 1.82) is 0 Å². The number of thioether (sulfide) groups is 1. The monoisotopic (exact) mass is 315 g/mol. The maximum atomic E-state index is 11.7. The summed E-state index contributed by atoms with van der Waals surface area (Å²) in [6.45, 7) is 10.8. The molecule has 2 amide bonds. The largest absolute Gasteiger partial charge is 0.373 e. The van der Waals surface area contributed by atoms with Crippen LogP contribution in [0.25, 0.3) is 0 Å². The number of nitrogens with zero attached hydrogens (tertiary/aromatic N) is 1. The van der Waals surface area contributed by atoms with Gasteiger partial charge in [-0.3, -0.25) is 4.90 Å². The van der Waals surface area contributed by atoms with Gasteiger partial charge in [-0.2, -0.15) is 11.8 Å². The van der Waals surface area contributed by atoms with Crippen LogP contribution < -0.4 is 10.6 Å². The number of amides is 2. The molecule has 2 aliphatic rings. The van der Waals surface area contributed by atoms with Gasteiger partial charge in [0.2, 0.25) is 0 Å². The molecule has 0 bridgehead atoms. The Labute approximate surface area is 132 Å². The highest BCUT2D eigenvalue weighted by Gasteiger charge is 2.32. The molecule has 0 radical (unpaired) electrons. The van der Waals surface area contributed by atoms with Gasteiger partial charge in [0.1, 0.15) is 0 Å². The Kier molecular flexibility index (Phi) is 6.20. The number of carbonyl (C=O) groups excluding carboxylic acids is 1. The summed E-state index contributed by atoms with van der Waals surface area (Å²) in [6.07, 6.45) is 2.67. The molecule has 2 fully saturated rings. The van der Waals surface area contributed by atoms with Gasteiger partial charge < -0.3 is 15.4 Å². The Balaban J connectivity index is 1.55. The van der Waals surface area contributed by atoms with Gasteiger partial charge in [0, 0.05) is 36.2 Å². The predicted molar refractivity (Wildman–Crippen MR) is 87.9 cm³/mol. The zero-order valence-electron chi connectivity index (χ0n) is 13.5. The van der Waals surface area contributed by atoms with E-state index in [4.69, 9.17) is 4.74 Å². The molecular weight excluding hydrogens is 286 g/mol. The molecule has 0 aliphatic carbocycles. The van der Waals surface area contributed by atoms with Crippen molar-refractivity contribution in [2.45, 2.75) is 50.5 Å². The van der Waals surface area contributed by atoms with Crippen LogP contribution in [0.3, 0.4) is 0 Å². The number of ether oxygens (including phenoxy) is 1. The van der Waals surface area contributed by atoms with Crippen LogP contribution in [0.2, 0.25) is 0 Å². The van der Waals surface area contributed by atoms with E-state index in [1.807, 2.05) is 11.8 Å². The van der Waals surface area contributed by atoms with E-state index in [0.717, 1.165) is 18.9 Å². The molecule has 0 saturated carbocycles. The Morgan fingerprint density at radius 1 is 1.38 bits per heavy atom. The van der Waals surface area contributed by atoms with Crippen molar-refractivity contribution in [2.24, 2.45) is 0 Å². The highest BCUT2D eigenvalue weighted by molar-refractivity contribution is 8.00. The molecule has 2 heterocycles. The van der Waals surface area contributed by atoms with Crippen LogP contribution in [0.1, 0.15) is 33.6 Å². The van der Waals surface area contributed by atoms with Crippen molar-refractivity contribution >= 4 is 17.8 Å². The third-order valence-corrected chi connectivity index (χ3v) is 5.15. The Bertz CT molecular complexity index is 346. The van der Waals surface area contributed by atoms with Gasteiger partial charge in [-0.15, -0.1) is 0 Å². The molecule has 0 aromatic rings. The van der Waals surface area contributed by atoms with E-state index >= 15 is 0 Å². The molecular formula is C15H29N3O2S. The highest BCUT2D eigenvalue weighted by atomic mass is 32.2. The van der Waals surface area contributed by atoms with Crippen LogP contribution >= 0.6 is 11.8 Å². The second-order valence-corrected chi connectivity index (χ2v) is 8.77. The zero-order chi connectivity index (χ0) is 15.3. The minimum absolute atomic E-state index is 0.0864. The van der Waals surface area contributed by atoms with E-state index in [-0.39, 0.29) is 16.9 Å². The van der Waals surface area contributed by atoms with Crippen molar-refractivity contribution in [3.05, 3.63) is 0 Å². The summed E-state index contributed by atoms with van der Waals surface area (Å²) in [5.74, 6) is 0.937. The molecule has 2 rings (SSSR count). The van der Waals surface area contributed by atoms with Crippen molar-refractivity contribution < 1.29 is 9.53 Å². The Morgan fingerprint density at radius 2 is 2.19 bits per heavy atom. The molecule has 2 unspecified atom stereocenters. The summed E-state index contributed by atoms with van der Waals surface area (Å²) in [5.41, 5.74) is 0. The van der Waals surface area contributed by atoms with Crippen LogP contribution in [-0.2, 0) is 4.74 Å². The van der Waals surface area contributed by atoms with E-state index in [2.05, 4.69) is 36.3 Å². The van der Waals surface area contributed by atoms with Crippen molar-refractivity contribution in [3.63, 3.8) is 0 Å². The van der Waals surface area contributed by atoms with Crippen molar-refractivity contribution in [3.8, 4) is 0 Å². The average Bonchev–Trinajstić information content (AvgIpc) is 2.87. The first kappa shape index (κ1) is 16.9. The first-order chi connectivity index (χ1) is 9.94. The van der Waals surface area contributed by atoms with E-state index in [1.54, 1.807) is 0 Å². The summed E-state index contributed by atoms with van der Waals surface area (Å²) in [4.78, 5) is 14.2. The predicted octanol–water partition coefficient (Wildman–Crippen LogP) is 1.68. The lowest BCUT2D eigenvalue weighted by Crippen LogP contribution is -2.51. The van der Waals surface area contributed by atoms with E-state index in [0.29, 0.717) is 19.1 Å². The third kappa shape index (κ3) is 6.04. The van der Waals surface area contributed by atoms with Crippen LogP contribution in [0.15, 0.2) is 0 Å². The normalized spacial score (nSPS) is 26.4. The van der Waals surface area contributed by atoms with E-state index < -0.39 is 0 Å². The minimum Gasteiger partial charge on any atom is -0.373 e. The fourth-order valence-electron chi connectivity index (χ4n) is 2.80. The van der Waals surface area contributed by atoms with Gasteiger partial charge >= 0.3 is 6.03 Å². The average molecular weight is 315 g/mol. The number of hydrogen-bond donors (Lipinski definition) is 2. The fourth-order valence-corrected chi connectivity index (χ4v) is 3.62. The summed E-state index contributed by atoms with van der Waals surface area (Å²) < 4.78 is 6.07. The maximum Gasteiger partial charge on any atom is 0.314 e. The van der Waals surface area contributed by atoms with Crippen LogP contribution in [-0.4, -0.2) is 66.4 Å². The molecule has 0 aromatic carbocycles. The van der Waals surface area contributed by atoms with Gasteiger partial charge in [0.15, 0.2) is 0 Å². The molecule has 6 heteroatoms. The number of morpholine rings is 1. The van der Waals surface area contributed by atoms with Gasteiger partial charge in [-0.05, 0) is 19.4 Å². The van der Waals surface area contributed by atoms with E-state index in [9.17, 15) is 4.79 Å². The van der Waals surface area contributed by atoms with Crippen LogP contribution in [0.4, 0.5) is 4.79 Å². The quantitative estimate of drug-likeness (QED) is 0.758. The number of urea groups is 1. The molecule has 2 aliphatic heterocycles. The molecule has 21 heavy (non-hydrogen) atoms. The van der Waals surface area contributed by atoms with Crippen LogP contribution in [0.5, 0.6) is 0 Å². The number of fused-ring (bicyclic) bond motifs is 1. The fraction of sp³-hybridized carbons (Fsp3) is 0.933. The molecule has 0 aromatic heterocycles. The second kappa shape index (κ2) is 7.70. The van der Waals surface area contributed by atoms with Gasteiger partial charge in [-0.1, -0.05) is 20.8 Å². The summed E-state index contributed by atoms with van der Waals surface area (Å²) >= 11 is 1.86. The summed E-state index contributed by atoms with van der Waals surface area (Å²) in [5, 5.41) is 5.82. The SMILES string of the molecule is CC(C)(C)SCCNC(=O)NCC1CN2CCCC2CO1. The second-order valence-electron chi connectivity index (χ2n) is 6.84. The van der Waals surface area contributed by atoms with Gasteiger partial charge in [0.05, 0.1) is 12.7 Å². The molecule has 2 atom stereocenters. The van der Waals surface area contributed by atoms with E-state index in [1.165, 1.54) is 19.4 Å². The standard InChI is InChI=1S/C15H29N3O2S/c1-15(2,3)21-8-6-16-14(19)17-9-13-10-18-7-4-5-12(18)11-20-13/h12-13H,4-11H2,1-3H3,(H2,16,17,19). The topological polar surface area (TPSA) is 53.6 Å². The number of hydrogen-bond acceptors (Lipinski definition) is 4. The zero-order valence-corrected chi connectivity index (χ0v) is 14.3. The smallest absolute Gasteiger partial charge is 0.314 e. The lowest BCUT2D eigenvalue weighted by atomic mass is 10.2. The lowest BCUT2D eigenvalue weighted by Gasteiger charge is -2.35. The Morgan fingerprint density at radius 3 is 2.95 bits per heavy atom. The number of nitrogens with one attached hydrogen (secondary N) is 2. The summed E-state index contributed by atoms with van der Waals surface area (Å²) in [6, 6.07) is 0.529. The Hall–Kier alpha value is -0.460. The van der Waals surface area contributed by atoms with Gasteiger partial charge in [-0.25, -0.2) is 4.79 Å². The molecule has 0 spiro atoms. The molecule has 5 nitrogen and oxygen atoms in total. The molecule has 2 N–H and O–H groups in total. The first-order valence-electron chi connectivity index (χ1n) is 7.95. The molecule has 122 valence electrons. The molecule has 2 saturated heterocycles. The number of rotatable bonds is 5. The van der Waals surface area contributed by atoms with Gasteiger partial charge in [0.25, 0.3) is 0 Å². The summed E-state index contributed by atoms with van der Waals surface area (Å²) in [7, 11) is 0. The maximum absolute atomic E-state index is 11.7. The highest BCUT2D eigenvalue weighted by Crippen LogP contribution is 2.22. The minimum atomic E-state index is -0.0864. The van der Waals surface area contributed by atoms with Crippen molar-refractivity contribution in [2.75, 3.05) is 38.5 Å². The number of carbonyl (C=O) groups is 1. The van der Waals surface area contributed by atoms with Crippen molar-refractivity contribution in [1.82, 2.24) is 15.5 Å². The van der Waals surface area contributed by atoms with Crippen LogP contribution in [0, 0.1) is 0 Å². The first-order valence-corrected chi connectivity index (χ1v) is 8.94. The third-order valence-electron chi connectivity index (χ3n) is 3.87.